The standard InChI is InChI=1S/C30H28N2/c31-24-30(27-18-9-3-10-19-27,28-20-11-4-12-21-28)22-13-23-32-29(25-14-5-1-6-15-25)26-16-7-2-8-17-26/h1-12,14-21,29,32H,13,22-23H2. The van der Waals surface area contributed by atoms with Crippen molar-refractivity contribution in [1.29, 1.82) is 5.26 Å². The van der Waals surface area contributed by atoms with Crippen LogP contribution >= 0.6 is 0 Å². The molecule has 158 valence electrons. The van der Waals surface area contributed by atoms with Crippen LogP contribution in [-0.4, -0.2) is 6.54 Å². The van der Waals surface area contributed by atoms with E-state index in [-0.39, 0.29) is 6.04 Å². The minimum atomic E-state index is -0.654. The molecule has 0 spiro atoms. The highest BCUT2D eigenvalue weighted by atomic mass is 14.9. The Morgan fingerprint density at radius 1 is 0.625 bits per heavy atom. The molecule has 0 unspecified atom stereocenters. The molecule has 4 aromatic rings. The molecule has 0 fully saturated rings. The average molecular weight is 417 g/mol. The molecule has 0 aromatic heterocycles. The fraction of sp³-hybridized carbons (Fsp3) is 0.167. The van der Waals surface area contributed by atoms with Gasteiger partial charge in [-0.05, 0) is 41.6 Å². The van der Waals surface area contributed by atoms with Crippen LogP contribution in [0.5, 0.6) is 0 Å². The molecule has 0 saturated carbocycles. The summed E-state index contributed by atoms with van der Waals surface area (Å²) in [6.45, 7) is 0.817. The van der Waals surface area contributed by atoms with E-state index in [1.54, 1.807) is 0 Å². The number of nitrogens with one attached hydrogen (secondary N) is 1. The Hall–Kier alpha value is -3.67. The van der Waals surface area contributed by atoms with Crippen molar-refractivity contribution in [3.8, 4) is 6.07 Å². The first-order valence-electron chi connectivity index (χ1n) is 11.2. The van der Waals surface area contributed by atoms with Gasteiger partial charge in [-0.3, -0.25) is 0 Å². The van der Waals surface area contributed by atoms with Crippen molar-refractivity contribution in [2.45, 2.75) is 24.3 Å². The summed E-state index contributed by atoms with van der Waals surface area (Å²) >= 11 is 0. The van der Waals surface area contributed by atoms with E-state index in [0.29, 0.717) is 0 Å². The van der Waals surface area contributed by atoms with Crippen LogP contribution in [0.1, 0.15) is 41.1 Å². The van der Waals surface area contributed by atoms with Crippen molar-refractivity contribution in [1.82, 2.24) is 5.32 Å². The Bertz CT molecular complexity index is 1040. The molecule has 0 amide bonds. The second-order valence-corrected chi connectivity index (χ2v) is 8.06. The van der Waals surface area contributed by atoms with Gasteiger partial charge in [-0.25, -0.2) is 0 Å². The van der Waals surface area contributed by atoms with Gasteiger partial charge < -0.3 is 5.32 Å². The van der Waals surface area contributed by atoms with E-state index in [1.807, 2.05) is 48.5 Å². The van der Waals surface area contributed by atoms with E-state index in [2.05, 4.69) is 84.2 Å². The Morgan fingerprint density at radius 2 is 1.03 bits per heavy atom. The zero-order valence-electron chi connectivity index (χ0n) is 18.2. The summed E-state index contributed by atoms with van der Waals surface area (Å²) in [5, 5.41) is 14.1. The van der Waals surface area contributed by atoms with Crippen molar-refractivity contribution in [3.05, 3.63) is 144 Å². The fourth-order valence-electron chi connectivity index (χ4n) is 4.40. The predicted octanol–water partition coefficient (Wildman–Crippen LogP) is 6.66. The minimum absolute atomic E-state index is 0.127. The molecular weight excluding hydrogens is 388 g/mol. The summed E-state index contributed by atoms with van der Waals surface area (Å²) in [6.07, 6.45) is 1.63. The second-order valence-electron chi connectivity index (χ2n) is 8.06. The lowest BCUT2D eigenvalue weighted by Gasteiger charge is -2.28. The minimum Gasteiger partial charge on any atom is -0.306 e. The van der Waals surface area contributed by atoms with Crippen molar-refractivity contribution in [2.24, 2.45) is 0 Å². The Morgan fingerprint density at radius 3 is 1.44 bits per heavy atom. The molecule has 0 aliphatic heterocycles. The Kier molecular flexibility index (Phi) is 7.12. The van der Waals surface area contributed by atoms with Gasteiger partial charge >= 0.3 is 0 Å². The van der Waals surface area contributed by atoms with Crippen LogP contribution in [0.15, 0.2) is 121 Å². The smallest absolute Gasteiger partial charge is 0.107 e. The molecule has 0 aliphatic carbocycles. The van der Waals surface area contributed by atoms with Gasteiger partial charge in [0.25, 0.3) is 0 Å². The fourth-order valence-corrected chi connectivity index (χ4v) is 4.40. The zero-order valence-corrected chi connectivity index (χ0v) is 18.2. The van der Waals surface area contributed by atoms with Gasteiger partial charge in [-0.2, -0.15) is 5.26 Å². The predicted molar refractivity (Wildman–Crippen MR) is 131 cm³/mol. The molecule has 1 N–H and O–H groups in total. The number of hydrogen-bond acceptors (Lipinski definition) is 2. The van der Waals surface area contributed by atoms with Crippen molar-refractivity contribution in [3.63, 3.8) is 0 Å². The lowest BCUT2D eigenvalue weighted by atomic mass is 9.72. The summed E-state index contributed by atoms with van der Waals surface area (Å²) in [4.78, 5) is 0. The van der Waals surface area contributed by atoms with E-state index < -0.39 is 5.41 Å². The lowest BCUT2D eigenvalue weighted by molar-refractivity contribution is 0.511. The maximum atomic E-state index is 10.4. The van der Waals surface area contributed by atoms with Crippen molar-refractivity contribution < 1.29 is 0 Å². The third kappa shape index (κ3) is 4.80. The molecule has 2 heteroatoms. The van der Waals surface area contributed by atoms with Crippen LogP contribution in [0.4, 0.5) is 0 Å². The summed E-state index contributed by atoms with van der Waals surface area (Å²) in [7, 11) is 0. The molecular formula is C30H28N2. The quantitative estimate of drug-likeness (QED) is 0.310. The molecule has 4 aromatic carbocycles. The monoisotopic (exact) mass is 416 g/mol. The molecule has 0 bridgehead atoms. The van der Waals surface area contributed by atoms with E-state index in [1.165, 1.54) is 11.1 Å². The molecule has 0 aliphatic rings. The van der Waals surface area contributed by atoms with Gasteiger partial charge in [-0.1, -0.05) is 121 Å². The van der Waals surface area contributed by atoms with Gasteiger partial charge in [-0.15, -0.1) is 0 Å². The second kappa shape index (κ2) is 10.6. The number of nitriles is 1. The SMILES string of the molecule is N#CC(CCCNC(c1ccccc1)c1ccccc1)(c1ccccc1)c1ccccc1. The third-order valence-corrected chi connectivity index (χ3v) is 6.07. The van der Waals surface area contributed by atoms with E-state index in [9.17, 15) is 5.26 Å². The average Bonchev–Trinajstić information content (AvgIpc) is 2.89. The highest BCUT2D eigenvalue weighted by Gasteiger charge is 2.33. The number of rotatable bonds is 9. The van der Waals surface area contributed by atoms with E-state index >= 15 is 0 Å². The molecule has 0 atom stereocenters. The number of hydrogen-bond donors (Lipinski definition) is 1. The largest absolute Gasteiger partial charge is 0.306 e. The molecule has 32 heavy (non-hydrogen) atoms. The van der Waals surface area contributed by atoms with Crippen molar-refractivity contribution >= 4 is 0 Å². The Balaban J connectivity index is 1.53. The maximum absolute atomic E-state index is 10.4. The van der Waals surface area contributed by atoms with Crippen LogP contribution in [0, 0.1) is 11.3 Å². The molecule has 4 rings (SSSR count). The summed E-state index contributed by atoms with van der Waals surface area (Å²) in [5.74, 6) is 0. The lowest BCUT2D eigenvalue weighted by Crippen LogP contribution is -2.29. The number of nitrogens with zero attached hydrogens (tertiary/aromatic N) is 1. The normalized spacial score (nSPS) is 11.2. The topological polar surface area (TPSA) is 35.8 Å². The highest BCUT2D eigenvalue weighted by Crippen LogP contribution is 2.36. The van der Waals surface area contributed by atoms with Crippen LogP contribution in [0.2, 0.25) is 0 Å². The van der Waals surface area contributed by atoms with Gasteiger partial charge in [0.2, 0.25) is 0 Å². The maximum Gasteiger partial charge on any atom is 0.107 e. The first kappa shape index (κ1) is 21.6. The van der Waals surface area contributed by atoms with E-state index in [4.69, 9.17) is 0 Å². The third-order valence-electron chi connectivity index (χ3n) is 6.07. The van der Waals surface area contributed by atoms with Crippen molar-refractivity contribution in [2.75, 3.05) is 6.54 Å². The summed E-state index contributed by atoms with van der Waals surface area (Å²) in [6, 6.07) is 44.2. The van der Waals surface area contributed by atoms with Gasteiger partial charge in [0, 0.05) is 0 Å². The summed E-state index contributed by atoms with van der Waals surface area (Å²) in [5.41, 5.74) is 3.94. The first-order valence-corrected chi connectivity index (χ1v) is 11.2. The molecule has 2 nitrogen and oxygen atoms in total. The van der Waals surface area contributed by atoms with Gasteiger partial charge in [0.1, 0.15) is 5.41 Å². The van der Waals surface area contributed by atoms with Crippen LogP contribution in [0.3, 0.4) is 0 Å². The highest BCUT2D eigenvalue weighted by molar-refractivity contribution is 5.45. The first-order chi connectivity index (χ1) is 15.8. The van der Waals surface area contributed by atoms with Gasteiger partial charge in [0.15, 0.2) is 0 Å². The molecule has 0 radical (unpaired) electrons. The van der Waals surface area contributed by atoms with Crippen LogP contribution in [0.25, 0.3) is 0 Å². The van der Waals surface area contributed by atoms with Crippen LogP contribution < -0.4 is 5.32 Å². The zero-order chi connectivity index (χ0) is 22.1. The van der Waals surface area contributed by atoms with Crippen LogP contribution in [-0.2, 0) is 5.41 Å². The van der Waals surface area contributed by atoms with E-state index in [0.717, 1.165) is 30.5 Å². The molecule has 0 saturated heterocycles. The molecule has 0 heterocycles. The summed E-state index contributed by atoms with van der Waals surface area (Å²) < 4.78 is 0. The Labute approximate surface area is 191 Å². The number of benzene rings is 4. The van der Waals surface area contributed by atoms with Gasteiger partial charge in [0.05, 0.1) is 12.1 Å².